The predicted molar refractivity (Wildman–Crippen MR) is 102 cm³/mol. The van der Waals surface area contributed by atoms with Gasteiger partial charge in [0.2, 0.25) is 0 Å². The van der Waals surface area contributed by atoms with Crippen LogP contribution in [0.4, 0.5) is 0 Å². The zero-order valence-corrected chi connectivity index (χ0v) is 14.9. The van der Waals surface area contributed by atoms with Gasteiger partial charge in [0, 0.05) is 18.8 Å². The molecule has 3 rings (SSSR count). The van der Waals surface area contributed by atoms with E-state index in [2.05, 4.69) is 25.1 Å². The first-order valence-corrected chi connectivity index (χ1v) is 8.58. The number of nitriles is 1. The molecular formula is C22H20N2O2. The fraction of sp³-hybridized carbons (Fsp3) is 0.182. The fourth-order valence-corrected chi connectivity index (χ4v) is 3.37. The highest BCUT2D eigenvalue weighted by Crippen LogP contribution is 2.32. The monoisotopic (exact) mass is 344 g/mol. The number of carboxylic acid groups (broad SMARTS) is 1. The van der Waals surface area contributed by atoms with E-state index in [0.717, 1.165) is 24.0 Å². The Morgan fingerprint density at radius 2 is 1.77 bits per heavy atom. The molecule has 0 spiro atoms. The van der Waals surface area contributed by atoms with Crippen molar-refractivity contribution in [3.63, 3.8) is 0 Å². The van der Waals surface area contributed by atoms with Gasteiger partial charge >= 0.3 is 5.97 Å². The number of benzene rings is 2. The van der Waals surface area contributed by atoms with E-state index in [4.69, 9.17) is 0 Å². The fourth-order valence-electron chi connectivity index (χ4n) is 3.37. The molecule has 0 fully saturated rings. The molecule has 1 aromatic heterocycles. The Hall–Kier alpha value is -3.32. The number of carboxylic acids is 1. The van der Waals surface area contributed by atoms with Crippen molar-refractivity contribution in [1.82, 2.24) is 4.57 Å². The van der Waals surface area contributed by atoms with Crippen LogP contribution in [0.25, 0.3) is 22.3 Å². The van der Waals surface area contributed by atoms with Crippen molar-refractivity contribution >= 4 is 5.97 Å². The van der Waals surface area contributed by atoms with Gasteiger partial charge in [-0.1, -0.05) is 61.9 Å². The van der Waals surface area contributed by atoms with Crippen LogP contribution in [0.2, 0.25) is 0 Å². The largest absolute Gasteiger partial charge is 0.477 e. The van der Waals surface area contributed by atoms with Crippen LogP contribution in [0.15, 0.2) is 54.7 Å². The van der Waals surface area contributed by atoms with Gasteiger partial charge in [-0.2, -0.15) is 5.26 Å². The first kappa shape index (κ1) is 17.5. The van der Waals surface area contributed by atoms with Gasteiger partial charge in [-0.05, 0) is 28.7 Å². The molecule has 0 saturated heterocycles. The lowest BCUT2D eigenvalue weighted by Crippen LogP contribution is -2.05. The summed E-state index contributed by atoms with van der Waals surface area (Å²) < 4.78 is 1.49. The normalized spacial score (nSPS) is 10.5. The second-order valence-electron chi connectivity index (χ2n) is 6.28. The van der Waals surface area contributed by atoms with Crippen LogP contribution in [0.5, 0.6) is 0 Å². The zero-order valence-electron chi connectivity index (χ0n) is 14.9. The molecule has 130 valence electrons. The topological polar surface area (TPSA) is 66.0 Å². The Morgan fingerprint density at radius 1 is 1.12 bits per heavy atom. The van der Waals surface area contributed by atoms with Gasteiger partial charge in [0.15, 0.2) is 0 Å². The molecular weight excluding hydrogens is 324 g/mol. The molecule has 0 amide bonds. The quantitative estimate of drug-likeness (QED) is 0.717. The van der Waals surface area contributed by atoms with E-state index in [9.17, 15) is 15.2 Å². The first-order chi connectivity index (χ1) is 12.6. The van der Waals surface area contributed by atoms with Crippen molar-refractivity contribution in [2.45, 2.75) is 19.8 Å². The number of aromatic carboxylic acids is 1. The number of carbonyl (C=O) groups is 1. The molecule has 3 aromatic rings. The summed E-state index contributed by atoms with van der Waals surface area (Å²) in [7, 11) is 1.64. The van der Waals surface area contributed by atoms with Gasteiger partial charge in [-0.25, -0.2) is 4.79 Å². The Balaban J connectivity index is 2.08. The molecule has 0 aliphatic rings. The average molecular weight is 344 g/mol. The molecule has 4 heteroatoms. The lowest BCUT2D eigenvalue weighted by atomic mass is 9.94. The van der Waals surface area contributed by atoms with Crippen molar-refractivity contribution in [1.29, 1.82) is 5.26 Å². The number of rotatable bonds is 5. The van der Waals surface area contributed by atoms with Crippen LogP contribution in [0.3, 0.4) is 0 Å². The summed E-state index contributed by atoms with van der Waals surface area (Å²) in [5, 5.41) is 18.9. The number of hydrogen-bond donors (Lipinski definition) is 1. The molecule has 2 aromatic carbocycles. The van der Waals surface area contributed by atoms with Gasteiger partial charge < -0.3 is 9.67 Å². The lowest BCUT2D eigenvalue weighted by Gasteiger charge is -2.10. The number of aryl methyl sites for hydroxylation is 2. The zero-order chi connectivity index (χ0) is 18.7. The SMILES string of the molecule is CCCc1ccccc1-c1ccc(-c2c(C#N)cn(C)c2C(=O)O)cc1. The number of hydrogen-bond acceptors (Lipinski definition) is 2. The molecule has 0 bridgehead atoms. The third kappa shape index (κ3) is 3.12. The van der Waals surface area contributed by atoms with Gasteiger partial charge in [0.1, 0.15) is 11.8 Å². The van der Waals surface area contributed by atoms with Crippen molar-refractivity contribution < 1.29 is 9.90 Å². The average Bonchev–Trinajstić information content (AvgIpc) is 2.99. The van der Waals surface area contributed by atoms with E-state index < -0.39 is 5.97 Å². The smallest absolute Gasteiger partial charge is 0.353 e. The maximum absolute atomic E-state index is 11.6. The minimum atomic E-state index is -1.04. The summed E-state index contributed by atoms with van der Waals surface area (Å²) in [5.41, 5.74) is 5.26. The van der Waals surface area contributed by atoms with E-state index in [1.807, 2.05) is 36.4 Å². The molecule has 4 nitrogen and oxygen atoms in total. The minimum Gasteiger partial charge on any atom is -0.477 e. The second-order valence-corrected chi connectivity index (χ2v) is 6.28. The van der Waals surface area contributed by atoms with E-state index in [-0.39, 0.29) is 5.69 Å². The Bertz CT molecular complexity index is 992. The first-order valence-electron chi connectivity index (χ1n) is 8.58. The van der Waals surface area contributed by atoms with Crippen molar-refractivity contribution in [3.05, 3.63) is 71.5 Å². The molecule has 0 aliphatic carbocycles. The van der Waals surface area contributed by atoms with Crippen LogP contribution in [0.1, 0.15) is 35.0 Å². The maximum Gasteiger partial charge on any atom is 0.353 e. The molecule has 1 heterocycles. The molecule has 0 radical (unpaired) electrons. The Morgan fingerprint density at radius 3 is 2.38 bits per heavy atom. The molecule has 0 aliphatic heterocycles. The van der Waals surface area contributed by atoms with Crippen LogP contribution < -0.4 is 0 Å². The van der Waals surface area contributed by atoms with Crippen molar-refractivity contribution in [3.8, 4) is 28.3 Å². The highest BCUT2D eigenvalue weighted by Gasteiger charge is 2.21. The summed E-state index contributed by atoms with van der Waals surface area (Å²) >= 11 is 0. The highest BCUT2D eigenvalue weighted by atomic mass is 16.4. The summed E-state index contributed by atoms with van der Waals surface area (Å²) in [6.07, 6.45) is 3.65. The standard InChI is InChI=1S/C22H20N2O2/c1-3-6-15-7-4-5-8-19(15)16-9-11-17(12-10-16)20-18(13-23)14-24(2)21(20)22(25)26/h4-5,7-12,14H,3,6H2,1-2H3,(H,25,26). The van der Waals surface area contributed by atoms with E-state index in [0.29, 0.717) is 11.1 Å². The summed E-state index contributed by atoms with van der Waals surface area (Å²) in [5.74, 6) is -1.04. The van der Waals surface area contributed by atoms with Gasteiger partial charge in [0.25, 0.3) is 0 Å². The van der Waals surface area contributed by atoms with E-state index in [1.54, 1.807) is 13.2 Å². The van der Waals surface area contributed by atoms with Crippen molar-refractivity contribution in [2.75, 3.05) is 0 Å². The van der Waals surface area contributed by atoms with E-state index >= 15 is 0 Å². The minimum absolute atomic E-state index is 0.126. The highest BCUT2D eigenvalue weighted by molar-refractivity contribution is 5.96. The van der Waals surface area contributed by atoms with Gasteiger partial charge in [-0.15, -0.1) is 0 Å². The molecule has 1 N–H and O–H groups in total. The van der Waals surface area contributed by atoms with Crippen LogP contribution in [-0.2, 0) is 13.5 Å². The van der Waals surface area contributed by atoms with Gasteiger partial charge in [-0.3, -0.25) is 0 Å². The van der Waals surface area contributed by atoms with Gasteiger partial charge in [0.05, 0.1) is 5.56 Å². The molecule has 0 unspecified atom stereocenters. The maximum atomic E-state index is 11.6. The summed E-state index contributed by atoms with van der Waals surface area (Å²) in [6.45, 7) is 2.16. The molecule has 0 saturated carbocycles. The van der Waals surface area contributed by atoms with E-state index in [1.165, 1.54) is 15.7 Å². The summed E-state index contributed by atoms with van der Waals surface area (Å²) in [6, 6.07) is 18.2. The third-order valence-electron chi connectivity index (χ3n) is 4.53. The van der Waals surface area contributed by atoms with Crippen molar-refractivity contribution in [2.24, 2.45) is 7.05 Å². The number of aromatic nitrogens is 1. The van der Waals surface area contributed by atoms with Crippen LogP contribution in [0, 0.1) is 11.3 Å². The summed E-state index contributed by atoms with van der Waals surface area (Å²) in [4.78, 5) is 11.6. The predicted octanol–water partition coefficient (Wildman–Crippen LogP) is 4.88. The second kappa shape index (κ2) is 7.28. The third-order valence-corrected chi connectivity index (χ3v) is 4.53. The van der Waals surface area contributed by atoms with Crippen LogP contribution >= 0.6 is 0 Å². The number of nitrogens with zero attached hydrogens (tertiary/aromatic N) is 2. The molecule has 0 atom stereocenters. The van der Waals surface area contributed by atoms with Crippen LogP contribution in [-0.4, -0.2) is 15.6 Å². The lowest BCUT2D eigenvalue weighted by molar-refractivity contribution is 0.0687. The molecule has 26 heavy (non-hydrogen) atoms. The Kier molecular flexibility index (Phi) is 4.90. The Labute approximate surface area is 153 Å².